The number of allylic oxidation sites excluding steroid dienone is 1. The van der Waals surface area contributed by atoms with E-state index in [1.807, 2.05) is 6.20 Å². The normalized spacial score (nSPS) is 14.7. The highest BCUT2D eigenvalue weighted by Crippen LogP contribution is 2.32. The Labute approximate surface area is 92.2 Å². The first-order chi connectivity index (χ1) is 7.00. The first kappa shape index (κ1) is 10.3. The zero-order valence-corrected chi connectivity index (χ0v) is 10.0. The maximum Gasteiger partial charge on any atom is 0.0418 e. The predicted molar refractivity (Wildman–Crippen MR) is 66.3 cm³/mol. The molecule has 0 saturated heterocycles. The van der Waals surface area contributed by atoms with Crippen LogP contribution in [0.3, 0.4) is 0 Å². The van der Waals surface area contributed by atoms with Gasteiger partial charge in [0.15, 0.2) is 0 Å². The number of anilines is 1. The number of nitrogens with one attached hydrogen (secondary N) is 1. The van der Waals surface area contributed by atoms with Gasteiger partial charge in [-0.2, -0.15) is 0 Å². The standard InChI is InChI=1S/C14H19N/c1-10-11-6-5-9-15-13(11)8-7-12(10)14(2,3)4/h5,7-9,15H,6H2,1-4H3. The molecule has 0 saturated carbocycles. The Bertz CT molecular complexity index is 408. The van der Waals surface area contributed by atoms with Crippen LogP contribution in [-0.4, -0.2) is 0 Å². The molecule has 1 heteroatoms. The number of hydrogen-bond acceptors (Lipinski definition) is 1. The fourth-order valence-corrected chi connectivity index (χ4v) is 2.29. The third-order valence-corrected chi connectivity index (χ3v) is 3.09. The maximum absolute atomic E-state index is 3.30. The molecule has 0 amide bonds. The quantitative estimate of drug-likeness (QED) is 0.673. The van der Waals surface area contributed by atoms with Gasteiger partial charge in [-0.05, 0) is 47.7 Å². The van der Waals surface area contributed by atoms with Crippen LogP contribution in [0.25, 0.3) is 0 Å². The molecule has 2 rings (SSSR count). The molecule has 0 spiro atoms. The average molecular weight is 201 g/mol. The molecule has 80 valence electrons. The minimum atomic E-state index is 0.236. The number of hydrogen-bond donors (Lipinski definition) is 1. The summed E-state index contributed by atoms with van der Waals surface area (Å²) in [5.74, 6) is 0. The molecular formula is C14H19N. The molecule has 1 aromatic carbocycles. The van der Waals surface area contributed by atoms with Gasteiger partial charge in [-0.15, -0.1) is 0 Å². The highest BCUT2D eigenvalue weighted by molar-refractivity contribution is 5.61. The molecule has 1 nitrogen and oxygen atoms in total. The van der Waals surface area contributed by atoms with Crippen LogP contribution in [0.5, 0.6) is 0 Å². The third-order valence-electron chi connectivity index (χ3n) is 3.09. The summed E-state index contributed by atoms with van der Waals surface area (Å²) in [7, 11) is 0. The summed E-state index contributed by atoms with van der Waals surface area (Å²) < 4.78 is 0. The first-order valence-corrected chi connectivity index (χ1v) is 5.54. The van der Waals surface area contributed by atoms with Crippen LogP contribution < -0.4 is 5.32 Å². The molecule has 1 aliphatic rings. The minimum absolute atomic E-state index is 0.236. The smallest absolute Gasteiger partial charge is 0.0418 e. The van der Waals surface area contributed by atoms with E-state index in [1.54, 1.807) is 0 Å². The molecule has 0 bridgehead atoms. The van der Waals surface area contributed by atoms with E-state index in [1.165, 1.54) is 22.4 Å². The van der Waals surface area contributed by atoms with Crippen molar-refractivity contribution in [3.63, 3.8) is 0 Å². The number of fused-ring (bicyclic) bond motifs is 1. The summed E-state index contributed by atoms with van der Waals surface area (Å²) in [5.41, 5.74) is 5.85. The van der Waals surface area contributed by atoms with Gasteiger partial charge in [-0.3, -0.25) is 0 Å². The monoisotopic (exact) mass is 201 g/mol. The van der Waals surface area contributed by atoms with Gasteiger partial charge in [-0.1, -0.05) is 32.9 Å². The molecule has 15 heavy (non-hydrogen) atoms. The molecule has 0 aliphatic carbocycles. The van der Waals surface area contributed by atoms with E-state index in [0.717, 1.165) is 6.42 Å². The van der Waals surface area contributed by atoms with Crippen molar-refractivity contribution in [1.82, 2.24) is 0 Å². The molecule has 1 N–H and O–H groups in total. The van der Waals surface area contributed by atoms with Crippen molar-refractivity contribution < 1.29 is 0 Å². The number of benzene rings is 1. The Morgan fingerprint density at radius 3 is 2.60 bits per heavy atom. The van der Waals surface area contributed by atoms with E-state index in [2.05, 4.69) is 51.2 Å². The molecule has 0 aromatic heterocycles. The van der Waals surface area contributed by atoms with Crippen LogP contribution in [-0.2, 0) is 11.8 Å². The van der Waals surface area contributed by atoms with Crippen molar-refractivity contribution in [1.29, 1.82) is 0 Å². The summed E-state index contributed by atoms with van der Waals surface area (Å²) in [5, 5.41) is 3.30. The van der Waals surface area contributed by atoms with Crippen LogP contribution in [0.15, 0.2) is 24.4 Å². The van der Waals surface area contributed by atoms with Gasteiger partial charge in [0.2, 0.25) is 0 Å². The molecule has 0 unspecified atom stereocenters. The number of rotatable bonds is 0. The maximum atomic E-state index is 3.30. The van der Waals surface area contributed by atoms with E-state index >= 15 is 0 Å². The van der Waals surface area contributed by atoms with Crippen molar-refractivity contribution in [3.8, 4) is 0 Å². The lowest BCUT2D eigenvalue weighted by atomic mass is 9.81. The van der Waals surface area contributed by atoms with Gasteiger partial charge < -0.3 is 5.32 Å². The second kappa shape index (κ2) is 3.41. The Balaban J connectivity index is 2.55. The van der Waals surface area contributed by atoms with Gasteiger partial charge in [0.25, 0.3) is 0 Å². The van der Waals surface area contributed by atoms with Gasteiger partial charge in [-0.25, -0.2) is 0 Å². The molecule has 1 aromatic rings. The predicted octanol–water partition coefficient (Wildman–Crippen LogP) is 3.77. The molecule has 0 radical (unpaired) electrons. The Morgan fingerprint density at radius 2 is 1.93 bits per heavy atom. The highest BCUT2D eigenvalue weighted by atomic mass is 14.8. The van der Waals surface area contributed by atoms with Crippen molar-refractivity contribution in [3.05, 3.63) is 41.1 Å². The molecule has 1 heterocycles. The third kappa shape index (κ3) is 1.79. The van der Waals surface area contributed by atoms with Gasteiger partial charge in [0.1, 0.15) is 0 Å². The highest BCUT2D eigenvalue weighted by Gasteiger charge is 2.19. The van der Waals surface area contributed by atoms with Gasteiger partial charge in [0, 0.05) is 5.69 Å². The fourth-order valence-electron chi connectivity index (χ4n) is 2.29. The van der Waals surface area contributed by atoms with E-state index in [4.69, 9.17) is 0 Å². The first-order valence-electron chi connectivity index (χ1n) is 5.54. The Kier molecular flexibility index (Phi) is 2.34. The van der Waals surface area contributed by atoms with E-state index < -0.39 is 0 Å². The van der Waals surface area contributed by atoms with Crippen molar-refractivity contribution >= 4 is 5.69 Å². The summed E-state index contributed by atoms with van der Waals surface area (Å²) in [6.07, 6.45) is 5.26. The fraction of sp³-hybridized carbons (Fsp3) is 0.429. The van der Waals surface area contributed by atoms with Crippen LogP contribution in [0.1, 0.15) is 37.5 Å². The van der Waals surface area contributed by atoms with E-state index in [0.29, 0.717) is 0 Å². The molecule has 0 atom stereocenters. The lowest BCUT2D eigenvalue weighted by Crippen LogP contribution is -2.15. The van der Waals surface area contributed by atoms with Crippen molar-refractivity contribution in [2.75, 3.05) is 5.32 Å². The van der Waals surface area contributed by atoms with Crippen LogP contribution in [0.2, 0.25) is 0 Å². The lowest BCUT2D eigenvalue weighted by molar-refractivity contribution is 0.585. The summed E-state index contributed by atoms with van der Waals surface area (Å²) >= 11 is 0. The van der Waals surface area contributed by atoms with Crippen molar-refractivity contribution in [2.45, 2.75) is 39.5 Å². The van der Waals surface area contributed by atoms with Crippen molar-refractivity contribution in [2.24, 2.45) is 0 Å². The average Bonchev–Trinajstić information content (AvgIpc) is 2.16. The van der Waals surface area contributed by atoms with Gasteiger partial charge >= 0.3 is 0 Å². The topological polar surface area (TPSA) is 12.0 Å². The largest absolute Gasteiger partial charge is 0.362 e. The van der Waals surface area contributed by atoms with Crippen LogP contribution in [0.4, 0.5) is 5.69 Å². The second-order valence-electron chi connectivity index (χ2n) is 5.27. The van der Waals surface area contributed by atoms with E-state index in [-0.39, 0.29) is 5.41 Å². The second-order valence-corrected chi connectivity index (χ2v) is 5.27. The van der Waals surface area contributed by atoms with Crippen LogP contribution >= 0.6 is 0 Å². The zero-order valence-electron chi connectivity index (χ0n) is 10.0. The zero-order chi connectivity index (χ0) is 11.1. The summed E-state index contributed by atoms with van der Waals surface area (Å²) in [4.78, 5) is 0. The molecule has 0 fully saturated rings. The minimum Gasteiger partial charge on any atom is -0.362 e. The Hall–Kier alpha value is -1.24. The SMILES string of the molecule is Cc1c(C(C)(C)C)ccc2c1CC=CN2. The lowest BCUT2D eigenvalue weighted by Gasteiger charge is -2.26. The summed E-state index contributed by atoms with van der Waals surface area (Å²) in [6.45, 7) is 9.05. The molecular weight excluding hydrogens is 182 g/mol. The Morgan fingerprint density at radius 1 is 1.20 bits per heavy atom. The van der Waals surface area contributed by atoms with E-state index in [9.17, 15) is 0 Å². The summed E-state index contributed by atoms with van der Waals surface area (Å²) in [6, 6.07) is 4.45. The molecule has 1 aliphatic heterocycles. The van der Waals surface area contributed by atoms with Crippen LogP contribution in [0, 0.1) is 6.92 Å². The van der Waals surface area contributed by atoms with Gasteiger partial charge in [0.05, 0.1) is 0 Å².